The van der Waals surface area contributed by atoms with Gasteiger partial charge >= 0.3 is 0 Å². The highest BCUT2D eigenvalue weighted by atomic mass is 35.5. The van der Waals surface area contributed by atoms with E-state index in [1.165, 1.54) is 11.6 Å². The molecule has 100 valence electrons. The molecule has 1 aliphatic heterocycles. The lowest BCUT2D eigenvalue weighted by atomic mass is 9.99. The third kappa shape index (κ3) is 2.47. The van der Waals surface area contributed by atoms with Crippen LogP contribution in [-0.4, -0.2) is 23.0 Å². The van der Waals surface area contributed by atoms with Crippen molar-refractivity contribution < 1.29 is 4.92 Å². The van der Waals surface area contributed by atoms with Crippen LogP contribution >= 0.6 is 12.4 Å². The predicted molar refractivity (Wildman–Crippen MR) is 77.7 cm³/mol. The molecule has 2 N–H and O–H groups in total. The lowest BCUT2D eigenvalue weighted by Gasteiger charge is -2.13. The van der Waals surface area contributed by atoms with Crippen molar-refractivity contribution in [2.75, 3.05) is 13.1 Å². The van der Waals surface area contributed by atoms with Gasteiger partial charge in [-0.05, 0) is 24.6 Å². The highest BCUT2D eigenvalue weighted by Gasteiger charge is 2.14. The van der Waals surface area contributed by atoms with Crippen LogP contribution in [0.25, 0.3) is 16.5 Å². The van der Waals surface area contributed by atoms with E-state index in [9.17, 15) is 10.1 Å². The molecule has 0 unspecified atom stereocenters. The molecule has 2 heterocycles. The van der Waals surface area contributed by atoms with Gasteiger partial charge in [0.2, 0.25) is 0 Å². The number of nitrogens with one attached hydrogen (secondary N) is 2. The summed E-state index contributed by atoms with van der Waals surface area (Å²) < 4.78 is 0. The Hall–Kier alpha value is -1.85. The van der Waals surface area contributed by atoms with Crippen molar-refractivity contribution >= 4 is 34.6 Å². The number of benzene rings is 1. The zero-order valence-electron chi connectivity index (χ0n) is 10.2. The molecule has 0 saturated heterocycles. The lowest BCUT2D eigenvalue weighted by Crippen LogP contribution is -2.19. The fraction of sp³-hybridized carbons (Fsp3) is 0.231. The Bertz CT molecular complexity index is 648. The molecule has 2 aromatic rings. The average molecular weight is 280 g/mol. The Balaban J connectivity index is 0.00000133. The third-order valence-electron chi connectivity index (χ3n) is 3.29. The molecule has 0 bridgehead atoms. The van der Waals surface area contributed by atoms with Crippen molar-refractivity contribution in [2.45, 2.75) is 6.42 Å². The first-order valence-electron chi connectivity index (χ1n) is 5.91. The van der Waals surface area contributed by atoms with Crippen molar-refractivity contribution in [3.05, 3.63) is 46.1 Å². The molecular weight excluding hydrogens is 266 g/mol. The van der Waals surface area contributed by atoms with Crippen molar-refractivity contribution in [3.63, 3.8) is 0 Å². The summed E-state index contributed by atoms with van der Waals surface area (Å²) in [5, 5.41) is 15.0. The summed E-state index contributed by atoms with van der Waals surface area (Å²) in [6.07, 6.45) is 5.03. The number of hydrogen-bond donors (Lipinski definition) is 2. The Kier molecular flexibility index (Phi) is 3.87. The van der Waals surface area contributed by atoms with E-state index in [0.29, 0.717) is 0 Å². The topological polar surface area (TPSA) is 71.0 Å². The number of rotatable bonds is 2. The molecule has 0 saturated carbocycles. The normalized spacial score (nSPS) is 14.8. The van der Waals surface area contributed by atoms with Gasteiger partial charge in [-0.3, -0.25) is 10.1 Å². The fourth-order valence-corrected chi connectivity index (χ4v) is 2.36. The summed E-state index contributed by atoms with van der Waals surface area (Å²) in [6, 6.07) is 4.93. The zero-order valence-corrected chi connectivity index (χ0v) is 11.0. The molecule has 19 heavy (non-hydrogen) atoms. The summed E-state index contributed by atoms with van der Waals surface area (Å²) in [4.78, 5) is 13.6. The van der Waals surface area contributed by atoms with Crippen LogP contribution in [0.5, 0.6) is 0 Å². The lowest BCUT2D eigenvalue weighted by molar-refractivity contribution is -0.384. The van der Waals surface area contributed by atoms with Crippen molar-refractivity contribution in [1.29, 1.82) is 0 Å². The minimum atomic E-state index is -0.354. The van der Waals surface area contributed by atoms with E-state index < -0.39 is 0 Å². The van der Waals surface area contributed by atoms with Gasteiger partial charge in [0.1, 0.15) is 0 Å². The second-order valence-corrected chi connectivity index (χ2v) is 4.37. The number of hydrogen-bond acceptors (Lipinski definition) is 3. The smallest absolute Gasteiger partial charge is 0.270 e. The molecule has 0 atom stereocenters. The maximum absolute atomic E-state index is 10.8. The summed E-state index contributed by atoms with van der Waals surface area (Å²) in [6.45, 7) is 1.81. The van der Waals surface area contributed by atoms with E-state index in [-0.39, 0.29) is 23.0 Å². The van der Waals surface area contributed by atoms with E-state index >= 15 is 0 Å². The zero-order chi connectivity index (χ0) is 12.5. The number of aromatic nitrogens is 1. The second kappa shape index (κ2) is 5.42. The second-order valence-electron chi connectivity index (χ2n) is 4.37. The van der Waals surface area contributed by atoms with Gasteiger partial charge in [0.25, 0.3) is 5.69 Å². The third-order valence-corrected chi connectivity index (χ3v) is 3.29. The molecule has 1 aromatic carbocycles. The molecule has 0 aliphatic carbocycles. The summed E-state index contributed by atoms with van der Waals surface area (Å²) in [5.41, 5.74) is 3.41. The monoisotopic (exact) mass is 279 g/mol. The molecule has 5 nitrogen and oxygen atoms in total. The maximum atomic E-state index is 10.8. The average Bonchev–Trinajstić information content (AvgIpc) is 2.82. The molecule has 6 heteroatoms. The number of nitro groups is 1. The van der Waals surface area contributed by atoms with Crippen LogP contribution in [0.4, 0.5) is 5.69 Å². The number of nitrogens with zero attached hydrogens (tertiary/aromatic N) is 1. The molecular formula is C13H14ClN3O2. The highest BCUT2D eigenvalue weighted by Crippen LogP contribution is 2.30. The molecule has 0 fully saturated rings. The van der Waals surface area contributed by atoms with Crippen LogP contribution in [0.1, 0.15) is 12.0 Å². The number of nitro benzene ring substituents is 1. The van der Waals surface area contributed by atoms with Gasteiger partial charge in [-0.25, -0.2) is 0 Å². The van der Waals surface area contributed by atoms with Gasteiger partial charge < -0.3 is 10.3 Å². The number of H-pyrrole nitrogens is 1. The minimum Gasteiger partial charge on any atom is -0.361 e. The van der Waals surface area contributed by atoms with Crippen LogP contribution in [0.2, 0.25) is 0 Å². The Morgan fingerprint density at radius 3 is 2.84 bits per heavy atom. The van der Waals surface area contributed by atoms with E-state index in [0.717, 1.165) is 36.0 Å². The van der Waals surface area contributed by atoms with Gasteiger partial charge in [-0.15, -0.1) is 12.4 Å². The summed E-state index contributed by atoms with van der Waals surface area (Å²) in [7, 11) is 0. The molecule has 0 radical (unpaired) electrons. The molecule has 1 aromatic heterocycles. The van der Waals surface area contributed by atoms with E-state index in [4.69, 9.17) is 0 Å². The highest BCUT2D eigenvalue weighted by molar-refractivity contribution is 5.94. The van der Waals surface area contributed by atoms with Crippen LogP contribution in [0, 0.1) is 10.1 Å². The van der Waals surface area contributed by atoms with Gasteiger partial charge in [0.05, 0.1) is 4.92 Å². The maximum Gasteiger partial charge on any atom is 0.270 e. The quantitative estimate of drug-likeness (QED) is 0.656. The standard InChI is InChI=1S/C13H13N3O2.ClH/c17-16(18)10-1-2-13-11(7-10)12(8-15-13)9-3-5-14-6-4-9;/h1-3,7-8,14-15H,4-6H2;1H. The van der Waals surface area contributed by atoms with Crippen LogP contribution in [0.15, 0.2) is 30.5 Å². The van der Waals surface area contributed by atoms with Gasteiger partial charge in [0.15, 0.2) is 0 Å². The molecule has 0 spiro atoms. The summed E-state index contributed by atoms with van der Waals surface area (Å²) in [5.74, 6) is 0. The Morgan fingerprint density at radius 2 is 2.16 bits per heavy atom. The first kappa shape index (κ1) is 13.6. The first-order chi connectivity index (χ1) is 8.75. The van der Waals surface area contributed by atoms with Crippen molar-refractivity contribution in [2.24, 2.45) is 0 Å². The van der Waals surface area contributed by atoms with Gasteiger partial charge in [-0.1, -0.05) is 6.08 Å². The van der Waals surface area contributed by atoms with Crippen LogP contribution in [-0.2, 0) is 0 Å². The number of aromatic amines is 1. The Labute approximate surface area is 116 Å². The molecule has 3 rings (SSSR count). The minimum absolute atomic E-state index is 0. The number of fused-ring (bicyclic) bond motifs is 1. The van der Waals surface area contributed by atoms with Crippen LogP contribution < -0.4 is 5.32 Å². The van der Waals surface area contributed by atoms with E-state index in [1.807, 2.05) is 6.20 Å². The van der Waals surface area contributed by atoms with E-state index in [1.54, 1.807) is 12.1 Å². The Morgan fingerprint density at radius 1 is 1.32 bits per heavy atom. The van der Waals surface area contributed by atoms with Gasteiger partial charge in [0, 0.05) is 41.3 Å². The van der Waals surface area contributed by atoms with Gasteiger partial charge in [-0.2, -0.15) is 0 Å². The predicted octanol–water partition coefficient (Wildman–Crippen LogP) is 2.87. The number of halogens is 1. The SMILES string of the molecule is Cl.O=[N+]([O-])c1ccc2[nH]cc(C3=CCNCC3)c2c1. The van der Waals surface area contributed by atoms with Crippen molar-refractivity contribution in [1.82, 2.24) is 10.3 Å². The molecule has 1 aliphatic rings. The van der Waals surface area contributed by atoms with Crippen LogP contribution in [0.3, 0.4) is 0 Å². The largest absolute Gasteiger partial charge is 0.361 e. The fourth-order valence-electron chi connectivity index (χ4n) is 2.36. The summed E-state index contributed by atoms with van der Waals surface area (Å²) >= 11 is 0. The van der Waals surface area contributed by atoms with Crippen molar-refractivity contribution in [3.8, 4) is 0 Å². The first-order valence-corrected chi connectivity index (χ1v) is 5.91. The van der Waals surface area contributed by atoms with E-state index in [2.05, 4.69) is 16.4 Å². The number of non-ortho nitro benzene ring substituents is 1. The molecule has 0 amide bonds.